The molecule has 0 radical (unpaired) electrons. The highest BCUT2D eigenvalue weighted by Gasteiger charge is 2.11. The Balaban J connectivity index is 1.62. The summed E-state index contributed by atoms with van der Waals surface area (Å²) in [6.07, 6.45) is 6.78. The number of rotatable bonds is 4. The smallest absolute Gasteiger partial charge is 0.0576 e. The van der Waals surface area contributed by atoms with Crippen LogP contribution in [0.3, 0.4) is 0 Å². The summed E-state index contributed by atoms with van der Waals surface area (Å²) in [5.41, 5.74) is 1.20. The van der Waals surface area contributed by atoms with E-state index < -0.39 is 0 Å². The molecule has 0 bridgehead atoms. The van der Waals surface area contributed by atoms with Crippen molar-refractivity contribution in [2.75, 3.05) is 19.6 Å². The molecule has 18 heavy (non-hydrogen) atoms. The molecule has 2 aromatic rings. The quantitative estimate of drug-likeness (QED) is 0.869. The van der Waals surface area contributed by atoms with Crippen LogP contribution in [0.4, 0.5) is 0 Å². The molecule has 5 heteroatoms. The molecule has 3 heterocycles. The summed E-state index contributed by atoms with van der Waals surface area (Å²) in [7, 11) is 0. The van der Waals surface area contributed by atoms with Crippen LogP contribution in [0.5, 0.6) is 0 Å². The van der Waals surface area contributed by atoms with Crippen molar-refractivity contribution in [3.8, 4) is 10.4 Å². The first-order valence-electron chi connectivity index (χ1n) is 6.35. The van der Waals surface area contributed by atoms with Gasteiger partial charge < -0.3 is 4.90 Å². The van der Waals surface area contributed by atoms with Gasteiger partial charge >= 0.3 is 0 Å². The first-order chi connectivity index (χ1) is 8.81. The Bertz CT molecular complexity index is 512. The molecule has 0 unspecified atom stereocenters. The van der Waals surface area contributed by atoms with Crippen molar-refractivity contribution < 1.29 is 0 Å². The number of likely N-dealkylation sites (tertiary alicyclic amines) is 1. The Morgan fingerprint density at radius 1 is 1.22 bits per heavy atom. The van der Waals surface area contributed by atoms with Crippen LogP contribution in [-0.2, 0) is 6.54 Å². The first kappa shape index (κ1) is 12.3. The molecule has 2 aromatic heterocycles. The molecule has 1 aliphatic heterocycles. The third-order valence-corrected chi connectivity index (χ3v) is 4.71. The Hall–Kier alpha value is -0.780. The number of nitrogens with zero attached hydrogens (tertiary/aromatic N) is 3. The standard InChI is InChI=1S/C13H17N3S2/c17-13-4-3-12(18-13)11-9-14-16(10-11)8-7-15-5-1-2-6-15/h3-4,9-10,17H,1-2,5-8H2. The number of hydrogen-bond acceptors (Lipinski definition) is 4. The molecule has 0 spiro atoms. The molecule has 0 N–H and O–H groups in total. The summed E-state index contributed by atoms with van der Waals surface area (Å²) in [4.78, 5) is 3.76. The van der Waals surface area contributed by atoms with E-state index in [1.165, 1.54) is 36.4 Å². The number of hydrogen-bond donors (Lipinski definition) is 1. The number of thiophene rings is 1. The van der Waals surface area contributed by atoms with Crippen LogP contribution in [0.2, 0.25) is 0 Å². The second kappa shape index (κ2) is 5.47. The zero-order valence-corrected chi connectivity index (χ0v) is 12.0. The minimum Gasteiger partial charge on any atom is -0.301 e. The lowest BCUT2D eigenvalue weighted by Gasteiger charge is -2.13. The summed E-state index contributed by atoms with van der Waals surface area (Å²) in [5.74, 6) is 0. The molecule has 1 fully saturated rings. The van der Waals surface area contributed by atoms with Crippen molar-refractivity contribution >= 4 is 24.0 Å². The van der Waals surface area contributed by atoms with Gasteiger partial charge in [-0.1, -0.05) is 0 Å². The van der Waals surface area contributed by atoms with Crippen LogP contribution in [0.25, 0.3) is 10.4 Å². The molecule has 3 rings (SSSR count). The first-order valence-corrected chi connectivity index (χ1v) is 7.61. The maximum atomic E-state index is 4.43. The highest BCUT2D eigenvalue weighted by atomic mass is 32.2. The van der Waals surface area contributed by atoms with Crippen LogP contribution in [0, 0.1) is 0 Å². The van der Waals surface area contributed by atoms with E-state index in [0.29, 0.717) is 0 Å². The Morgan fingerprint density at radius 2 is 2.06 bits per heavy atom. The highest BCUT2D eigenvalue weighted by Crippen LogP contribution is 2.29. The lowest BCUT2D eigenvalue weighted by atomic mass is 10.3. The topological polar surface area (TPSA) is 21.1 Å². The van der Waals surface area contributed by atoms with Crippen molar-refractivity contribution in [3.05, 3.63) is 24.5 Å². The molecule has 0 saturated carbocycles. The van der Waals surface area contributed by atoms with Gasteiger partial charge in [-0.3, -0.25) is 4.68 Å². The van der Waals surface area contributed by atoms with E-state index in [1.807, 2.05) is 16.9 Å². The highest BCUT2D eigenvalue weighted by molar-refractivity contribution is 7.83. The Morgan fingerprint density at radius 3 is 2.78 bits per heavy atom. The summed E-state index contributed by atoms with van der Waals surface area (Å²) in [6, 6.07) is 4.14. The zero-order valence-electron chi connectivity index (χ0n) is 10.2. The molecule has 1 aliphatic rings. The third kappa shape index (κ3) is 2.79. The van der Waals surface area contributed by atoms with Gasteiger partial charge in [0.05, 0.1) is 17.0 Å². The molecule has 0 aromatic carbocycles. The summed E-state index contributed by atoms with van der Waals surface area (Å²) in [6.45, 7) is 4.60. The minimum absolute atomic E-state index is 0.985. The molecule has 0 aliphatic carbocycles. The lowest BCUT2D eigenvalue weighted by molar-refractivity contribution is 0.316. The maximum Gasteiger partial charge on any atom is 0.0576 e. The van der Waals surface area contributed by atoms with Gasteiger partial charge in [0.15, 0.2) is 0 Å². The van der Waals surface area contributed by atoms with Crippen LogP contribution in [0.1, 0.15) is 12.8 Å². The van der Waals surface area contributed by atoms with Crippen molar-refractivity contribution in [1.82, 2.24) is 14.7 Å². The molecule has 1 saturated heterocycles. The fraction of sp³-hybridized carbons (Fsp3) is 0.462. The van der Waals surface area contributed by atoms with E-state index in [9.17, 15) is 0 Å². The SMILES string of the molecule is Sc1ccc(-c2cnn(CCN3CCCC3)c2)s1. The van der Waals surface area contributed by atoms with Gasteiger partial charge in [-0.05, 0) is 38.1 Å². The van der Waals surface area contributed by atoms with Gasteiger partial charge in [0.2, 0.25) is 0 Å². The Kier molecular flexibility index (Phi) is 3.72. The zero-order chi connectivity index (χ0) is 12.4. The van der Waals surface area contributed by atoms with Crippen LogP contribution in [-0.4, -0.2) is 34.3 Å². The van der Waals surface area contributed by atoms with Crippen molar-refractivity contribution in [2.45, 2.75) is 23.6 Å². The Labute approximate surface area is 117 Å². The summed E-state index contributed by atoms with van der Waals surface area (Å²) >= 11 is 6.05. The van der Waals surface area contributed by atoms with E-state index in [0.717, 1.165) is 17.3 Å². The molecular weight excluding hydrogens is 262 g/mol. The lowest BCUT2D eigenvalue weighted by Crippen LogP contribution is -2.24. The second-order valence-corrected chi connectivity index (χ2v) is 6.55. The predicted octanol–water partition coefficient (Wildman–Crippen LogP) is 3.00. The molecule has 0 atom stereocenters. The van der Waals surface area contributed by atoms with Crippen molar-refractivity contribution in [3.63, 3.8) is 0 Å². The molecule has 0 amide bonds. The summed E-state index contributed by atoms with van der Waals surface area (Å²) < 4.78 is 3.10. The average molecular weight is 279 g/mol. The minimum atomic E-state index is 0.985. The largest absolute Gasteiger partial charge is 0.301 e. The molecule has 3 nitrogen and oxygen atoms in total. The fourth-order valence-corrected chi connectivity index (χ4v) is 3.44. The van der Waals surface area contributed by atoms with Gasteiger partial charge in [-0.2, -0.15) is 5.10 Å². The summed E-state index contributed by atoms with van der Waals surface area (Å²) in [5, 5.41) is 4.43. The van der Waals surface area contributed by atoms with Crippen molar-refractivity contribution in [1.29, 1.82) is 0 Å². The van der Waals surface area contributed by atoms with E-state index in [1.54, 1.807) is 11.3 Å². The number of aromatic nitrogens is 2. The van der Waals surface area contributed by atoms with E-state index in [2.05, 4.69) is 34.9 Å². The number of thiol groups is 1. The second-order valence-electron chi connectivity index (χ2n) is 4.68. The predicted molar refractivity (Wildman–Crippen MR) is 78.5 cm³/mol. The van der Waals surface area contributed by atoms with E-state index >= 15 is 0 Å². The van der Waals surface area contributed by atoms with Crippen LogP contribution < -0.4 is 0 Å². The third-order valence-electron chi connectivity index (χ3n) is 3.35. The van der Waals surface area contributed by atoms with E-state index in [-0.39, 0.29) is 0 Å². The monoisotopic (exact) mass is 279 g/mol. The van der Waals surface area contributed by atoms with Crippen molar-refractivity contribution in [2.24, 2.45) is 0 Å². The average Bonchev–Trinajstić information content (AvgIpc) is 3.07. The van der Waals surface area contributed by atoms with Gasteiger partial charge in [0, 0.05) is 23.2 Å². The molecular formula is C13H17N3S2. The van der Waals surface area contributed by atoms with Crippen LogP contribution >= 0.6 is 24.0 Å². The van der Waals surface area contributed by atoms with Gasteiger partial charge in [0.25, 0.3) is 0 Å². The van der Waals surface area contributed by atoms with Gasteiger partial charge in [-0.15, -0.1) is 24.0 Å². The maximum absolute atomic E-state index is 4.43. The molecule has 96 valence electrons. The van der Waals surface area contributed by atoms with Crippen LogP contribution in [0.15, 0.2) is 28.7 Å². The fourth-order valence-electron chi connectivity index (χ4n) is 2.35. The van der Waals surface area contributed by atoms with Gasteiger partial charge in [-0.25, -0.2) is 0 Å². The normalized spacial score (nSPS) is 16.5. The van der Waals surface area contributed by atoms with E-state index in [4.69, 9.17) is 0 Å². The van der Waals surface area contributed by atoms with Gasteiger partial charge in [0.1, 0.15) is 0 Å².